The maximum absolute atomic E-state index is 11.8. The molecule has 0 radical (unpaired) electrons. The second-order valence-electron chi connectivity index (χ2n) is 5.24. The van der Waals surface area contributed by atoms with Crippen LogP contribution in [-0.2, 0) is 19.6 Å². The van der Waals surface area contributed by atoms with E-state index in [2.05, 4.69) is 4.72 Å². The van der Waals surface area contributed by atoms with Gasteiger partial charge >= 0.3 is 5.97 Å². The van der Waals surface area contributed by atoms with E-state index in [4.69, 9.17) is 4.74 Å². The van der Waals surface area contributed by atoms with Gasteiger partial charge in [0.25, 0.3) is 0 Å². The summed E-state index contributed by atoms with van der Waals surface area (Å²) in [5.74, 6) is -0.558. The molecular weight excluding hydrogens is 258 g/mol. The fourth-order valence-electron chi connectivity index (χ4n) is 2.13. The third kappa shape index (κ3) is 3.43. The Labute approximate surface area is 107 Å². The average molecular weight is 277 g/mol. The normalized spacial score (nSPS) is 23.8. The van der Waals surface area contributed by atoms with Crippen molar-refractivity contribution < 1.29 is 23.1 Å². The number of sulfonamides is 1. The van der Waals surface area contributed by atoms with Crippen LogP contribution in [-0.4, -0.2) is 45.0 Å². The molecule has 104 valence electrons. The monoisotopic (exact) mass is 277 g/mol. The van der Waals surface area contributed by atoms with E-state index in [-0.39, 0.29) is 18.2 Å². The molecular formula is C11H19NO5S. The lowest BCUT2D eigenvalue weighted by molar-refractivity contribution is -0.154. The summed E-state index contributed by atoms with van der Waals surface area (Å²) in [6, 6.07) is 0. The Morgan fingerprint density at radius 2 is 1.94 bits per heavy atom. The minimum Gasteiger partial charge on any atom is -0.481 e. The summed E-state index contributed by atoms with van der Waals surface area (Å²) in [6.07, 6.45) is 2.63. The van der Waals surface area contributed by atoms with Crippen LogP contribution in [0.3, 0.4) is 0 Å². The summed E-state index contributed by atoms with van der Waals surface area (Å²) >= 11 is 0. The molecule has 0 atom stereocenters. The highest BCUT2D eigenvalue weighted by atomic mass is 32.2. The summed E-state index contributed by atoms with van der Waals surface area (Å²) in [7, 11) is -3.34. The molecule has 6 nitrogen and oxygen atoms in total. The SMILES string of the molecule is O=C(O)C1(CNS(=O)(=O)CC2CC2)CCOCC1. The van der Waals surface area contributed by atoms with Crippen LogP contribution in [0.15, 0.2) is 0 Å². The number of hydrogen-bond donors (Lipinski definition) is 2. The smallest absolute Gasteiger partial charge is 0.311 e. The number of carbonyl (C=O) groups is 1. The third-order valence-corrected chi connectivity index (χ3v) is 5.18. The van der Waals surface area contributed by atoms with Crippen LogP contribution in [0.2, 0.25) is 0 Å². The van der Waals surface area contributed by atoms with E-state index in [0.29, 0.717) is 26.1 Å². The first kappa shape index (κ1) is 13.8. The number of nitrogens with one attached hydrogen (secondary N) is 1. The van der Waals surface area contributed by atoms with Crippen molar-refractivity contribution >= 4 is 16.0 Å². The van der Waals surface area contributed by atoms with Gasteiger partial charge in [0.1, 0.15) is 0 Å². The lowest BCUT2D eigenvalue weighted by Crippen LogP contribution is -2.47. The predicted molar refractivity (Wildman–Crippen MR) is 64.6 cm³/mol. The summed E-state index contributed by atoms with van der Waals surface area (Å²) in [5.41, 5.74) is -1.01. The van der Waals surface area contributed by atoms with Crippen LogP contribution in [0.1, 0.15) is 25.7 Å². The maximum atomic E-state index is 11.8. The second-order valence-corrected chi connectivity index (χ2v) is 7.10. The summed E-state index contributed by atoms with van der Waals surface area (Å²) in [6.45, 7) is 0.716. The highest BCUT2D eigenvalue weighted by Gasteiger charge is 2.41. The molecule has 0 amide bonds. The standard InChI is InChI=1S/C11H19NO5S/c13-10(14)11(3-5-17-6-4-11)8-12-18(15,16)7-9-1-2-9/h9,12H,1-8H2,(H,13,14). The van der Waals surface area contributed by atoms with E-state index in [0.717, 1.165) is 12.8 Å². The zero-order chi connectivity index (χ0) is 13.2. The van der Waals surface area contributed by atoms with Gasteiger partial charge in [-0.15, -0.1) is 0 Å². The van der Waals surface area contributed by atoms with Crippen LogP contribution in [0.5, 0.6) is 0 Å². The highest BCUT2D eigenvalue weighted by molar-refractivity contribution is 7.89. The van der Waals surface area contributed by atoms with Crippen molar-refractivity contribution in [1.29, 1.82) is 0 Å². The van der Waals surface area contributed by atoms with Gasteiger partial charge in [0.2, 0.25) is 10.0 Å². The van der Waals surface area contributed by atoms with Gasteiger partial charge in [0.15, 0.2) is 0 Å². The molecule has 1 heterocycles. The van der Waals surface area contributed by atoms with Crippen LogP contribution in [0, 0.1) is 11.3 Å². The minimum atomic E-state index is -3.34. The number of carboxylic acids is 1. The molecule has 0 spiro atoms. The molecule has 0 unspecified atom stereocenters. The van der Waals surface area contributed by atoms with E-state index in [1.165, 1.54) is 0 Å². The number of hydrogen-bond acceptors (Lipinski definition) is 4. The Bertz CT molecular complexity index is 409. The summed E-state index contributed by atoms with van der Waals surface area (Å²) < 4.78 is 31.1. The van der Waals surface area contributed by atoms with Gasteiger partial charge in [0, 0.05) is 19.8 Å². The van der Waals surface area contributed by atoms with Gasteiger partial charge in [-0.1, -0.05) is 0 Å². The van der Waals surface area contributed by atoms with Gasteiger partial charge in [-0.05, 0) is 31.6 Å². The minimum absolute atomic E-state index is 0.0270. The highest BCUT2D eigenvalue weighted by Crippen LogP contribution is 2.32. The molecule has 1 aliphatic heterocycles. The topological polar surface area (TPSA) is 92.7 Å². The van der Waals surface area contributed by atoms with Gasteiger partial charge < -0.3 is 9.84 Å². The van der Waals surface area contributed by atoms with Crippen molar-refractivity contribution in [3.05, 3.63) is 0 Å². The van der Waals surface area contributed by atoms with Crippen LogP contribution < -0.4 is 4.72 Å². The maximum Gasteiger partial charge on any atom is 0.311 e. The van der Waals surface area contributed by atoms with Crippen LogP contribution in [0.25, 0.3) is 0 Å². The van der Waals surface area contributed by atoms with Crippen molar-refractivity contribution in [1.82, 2.24) is 4.72 Å². The Morgan fingerprint density at radius 3 is 2.44 bits per heavy atom. The van der Waals surface area contributed by atoms with Crippen LogP contribution in [0.4, 0.5) is 0 Å². The fourth-order valence-corrected chi connectivity index (χ4v) is 3.70. The van der Waals surface area contributed by atoms with Crippen molar-refractivity contribution in [3.8, 4) is 0 Å². The number of carboxylic acid groups (broad SMARTS) is 1. The molecule has 0 aromatic carbocycles. The number of rotatable bonds is 6. The molecule has 2 aliphatic rings. The van der Waals surface area contributed by atoms with Gasteiger partial charge in [0.05, 0.1) is 11.2 Å². The lowest BCUT2D eigenvalue weighted by Gasteiger charge is -2.33. The average Bonchev–Trinajstić information content (AvgIpc) is 3.11. The van der Waals surface area contributed by atoms with Gasteiger partial charge in [-0.25, -0.2) is 13.1 Å². The molecule has 2 N–H and O–H groups in total. The molecule has 1 saturated heterocycles. The van der Waals surface area contributed by atoms with Crippen molar-refractivity contribution in [2.24, 2.45) is 11.3 Å². The summed E-state index contributed by atoms with van der Waals surface area (Å²) in [4.78, 5) is 11.3. The molecule has 0 bridgehead atoms. The molecule has 1 aliphatic carbocycles. The molecule has 7 heteroatoms. The van der Waals surface area contributed by atoms with Crippen molar-refractivity contribution in [2.45, 2.75) is 25.7 Å². The van der Waals surface area contributed by atoms with E-state index in [1.54, 1.807) is 0 Å². The molecule has 1 saturated carbocycles. The van der Waals surface area contributed by atoms with E-state index in [9.17, 15) is 18.3 Å². The largest absolute Gasteiger partial charge is 0.481 e. The predicted octanol–water partition coefficient (Wildman–Crippen LogP) is 0.197. The second kappa shape index (κ2) is 5.14. The summed E-state index contributed by atoms with van der Waals surface area (Å²) in [5, 5.41) is 9.29. The molecule has 2 rings (SSSR count). The van der Waals surface area contributed by atoms with Gasteiger partial charge in [-0.3, -0.25) is 4.79 Å². The third-order valence-electron chi connectivity index (χ3n) is 3.69. The zero-order valence-electron chi connectivity index (χ0n) is 10.2. The Morgan fingerprint density at radius 1 is 1.33 bits per heavy atom. The van der Waals surface area contributed by atoms with E-state index in [1.807, 2.05) is 0 Å². The quantitative estimate of drug-likeness (QED) is 0.723. The first-order valence-electron chi connectivity index (χ1n) is 6.22. The Hall–Kier alpha value is -0.660. The van der Waals surface area contributed by atoms with E-state index >= 15 is 0 Å². The molecule has 18 heavy (non-hydrogen) atoms. The van der Waals surface area contributed by atoms with Crippen molar-refractivity contribution in [2.75, 3.05) is 25.5 Å². The molecule has 0 aromatic rings. The van der Waals surface area contributed by atoms with Crippen molar-refractivity contribution in [3.63, 3.8) is 0 Å². The van der Waals surface area contributed by atoms with E-state index < -0.39 is 21.4 Å². The number of ether oxygens (including phenoxy) is 1. The first-order chi connectivity index (χ1) is 8.44. The molecule has 0 aromatic heterocycles. The van der Waals surface area contributed by atoms with Gasteiger partial charge in [-0.2, -0.15) is 0 Å². The Kier molecular flexibility index (Phi) is 3.93. The van der Waals surface area contributed by atoms with Crippen LogP contribution >= 0.6 is 0 Å². The molecule has 2 fully saturated rings. The fraction of sp³-hybridized carbons (Fsp3) is 0.909. The lowest BCUT2D eigenvalue weighted by atomic mass is 9.80. The number of aliphatic carboxylic acids is 1. The zero-order valence-corrected chi connectivity index (χ0v) is 11.0. The Balaban J connectivity index is 1.94. The first-order valence-corrected chi connectivity index (χ1v) is 7.87.